The average molecular weight is 534 g/mol. The molecule has 1 atom stereocenters. The van der Waals surface area contributed by atoms with Crippen molar-refractivity contribution in [3.05, 3.63) is 76.3 Å². The van der Waals surface area contributed by atoms with E-state index < -0.39 is 12.0 Å². The van der Waals surface area contributed by atoms with Gasteiger partial charge in [0.25, 0.3) is 0 Å². The first-order chi connectivity index (χ1) is 18.5. The van der Waals surface area contributed by atoms with Crippen molar-refractivity contribution >= 4 is 34.5 Å². The molecule has 198 valence electrons. The molecule has 0 N–H and O–H groups in total. The summed E-state index contributed by atoms with van der Waals surface area (Å²) >= 11 is 1.46. The second-order valence-corrected chi connectivity index (χ2v) is 9.96. The van der Waals surface area contributed by atoms with Crippen LogP contribution < -0.4 is 9.47 Å². The van der Waals surface area contributed by atoms with Gasteiger partial charge in [0.1, 0.15) is 0 Å². The molecule has 1 saturated heterocycles. The fourth-order valence-electron chi connectivity index (χ4n) is 5.06. The fourth-order valence-corrected chi connectivity index (χ4v) is 5.98. The predicted octanol–water partition coefficient (Wildman–Crippen LogP) is 4.99. The van der Waals surface area contributed by atoms with Crippen LogP contribution >= 0.6 is 11.8 Å². The van der Waals surface area contributed by atoms with Crippen molar-refractivity contribution in [2.75, 3.05) is 33.9 Å². The van der Waals surface area contributed by atoms with Crippen molar-refractivity contribution in [1.29, 1.82) is 0 Å². The lowest BCUT2D eigenvalue weighted by Gasteiger charge is -2.37. The molecule has 1 unspecified atom stereocenters. The Labute approximate surface area is 226 Å². The number of rotatable bonds is 8. The maximum absolute atomic E-state index is 13.6. The summed E-state index contributed by atoms with van der Waals surface area (Å²) in [7, 11) is 3.17. The summed E-state index contributed by atoms with van der Waals surface area (Å²) in [6.07, 6.45) is 2.29. The van der Waals surface area contributed by atoms with Crippen LogP contribution in [0.25, 0.3) is 5.70 Å². The van der Waals surface area contributed by atoms with E-state index in [4.69, 9.17) is 19.2 Å². The molecular formula is C29H31N3O5S. The largest absolute Gasteiger partial charge is 0.493 e. The fraction of sp³-hybridized carbons (Fsp3) is 0.345. The number of hydrogen-bond donors (Lipinski definition) is 0. The monoisotopic (exact) mass is 533 g/mol. The first-order valence-corrected chi connectivity index (χ1v) is 13.6. The van der Waals surface area contributed by atoms with Gasteiger partial charge in [-0.1, -0.05) is 48.2 Å². The van der Waals surface area contributed by atoms with Gasteiger partial charge < -0.3 is 24.0 Å². The number of aliphatic imine (C=N–C) groups is 1. The first-order valence-electron chi connectivity index (χ1n) is 12.8. The lowest BCUT2D eigenvalue weighted by atomic mass is 9.91. The van der Waals surface area contributed by atoms with Crippen LogP contribution in [0.3, 0.4) is 0 Å². The van der Waals surface area contributed by atoms with Gasteiger partial charge in [-0.25, -0.2) is 9.79 Å². The van der Waals surface area contributed by atoms with Crippen LogP contribution in [-0.4, -0.2) is 60.8 Å². The number of ether oxygens (including phenoxy) is 3. The minimum Gasteiger partial charge on any atom is -0.493 e. The van der Waals surface area contributed by atoms with E-state index in [9.17, 15) is 9.59 Å². The number of thioether (sulfide) groups is 1. The van der Waals surface area contributed by atoms with Crippen LogP contribution in [0, 0.1) is 0 Å². The molecule has 0 bridgehead atoms. The van der Waals surface area contributed by atoms with Crippen LogP contribution in [0.2, 0.25) is 0 Å². The topological polar surface area (TPSA) is 80.7 Å². The van der Waals surface area contributed by atoms with Crippen LogP contribution in [0.15, 0.2) is 70.2 Å². The highest BCUT2D eigenvalue weighted by molar-refractivity contribution is 8.16. The molecule has 8 nitrogen and oxygen atoms in total. The SMILES string of the molecule is CCOC(=O)C1=C(c2ccccc2)N=C2SC=C(CC(=O)N3CCCC3)N2C1c1ccc(OC)c(OC)c1. The van der Waals surface area contributed by atoms with Crippen molar-refractivity contribution in [1.82, 2.24) is 9.80 Å². The Balaban J connectivity index is 1.66. The molecule has 3 aliphatic rings. The molecule has 1 amide bonds. The van der Waals surface area contributed by atoms with E-state index in [2.05, 4.69) is 0 Å². The van der Waals surface area contributed by atoms with Crippen LogP contribution in [0.1, 0.15) is 43.4 Å². The number of likely N-dealkylation sites (tertiary alicyclic amines) is 1. The Morgan fingerprint density at radius 3 is 2.45 bits per heavy atom. The smallest absolute Gasteiger partial charge is 0.338 e. The average Bonchev–Trinajstić information content (AvgIpc) is 3.63. The van der Waals surface area contributed by atoms with E-state index in [-0.39, 0.29) is 18.9 Å². The summed E-state index contributed by atoms with van der Waals surface area (Å²) in [6, 6.07) is 14.7. The van der Waals surface area contributed by atoms with Gasteiger partial charge in [0.05, 0.1) is 44.6 Å². The number of hydrogen-bond acceptors (Lipinski definition) is 8. The quantitative estimate of drug-likeness (QED) is 0.442. The van der Waals surface area contributed by atoms with Gasteiger partial charge in [-0.3, -0.25) is 4.79 Å². The molecule has 0 saturated carbocycles. The standard InChI is InChI=1S/C29H31N3O5S/c1-4-37-28(34)25-26(19-10-6-5-7-11-19)30-29-32(21(18-38-29)17-24(33)31-14-8-9-15-31)27(25)20-12-13-22(35-2)23(16-20)36-3/h5-7,10-13,16,18,27H,4,8-9,14-15,17H2,1-3H3. The zero-order valence-corrected chi connectivity index (χ0v) is 22.6. The van der Waals surface area contributed by atoms with E-state index in [0.717, 1.165) is 42.8 Å². The molecule has 0 aromatic heterocycles. The van der Waals surface area contributed by atoms with Gasteiger partial charge in [0, 0.05) is 24.4 Å². The second-order valence-electron chi connectivity index (χ2n) is 9.12. The molecule has 0 aliphatic carbocycles. The number of amidine groups is 1. The number of carbonyl (C=O) groups excluding carboxylic acids is 2. The molecule has 2 aromatic carbocycles. The number of methoxy groups -OCH3 is 2. The highest BCUT2D eigenvalue weighted by Gasteiger charge is 2.43. The van der Waals surface area contributed by atoms with Gasteiger partial charge in [0.2, 0.25) is 5.91 Å². The zero-order valence-electron chi connectivity index (χ0n) is 21.8. The minimum absolute atomic E-state index is 0.0807. The summed E-state index contributed by atoms with van der Waals surface area (Å²) in [5.41, 5.74) is 3.39. The summed E-state index contributed by atoms with van der Waals surface area (Å²) in [5.74, 6) is 0.763. The van der Waals surface area contributed by atoms with E-state index >= 15 is 0 Å². The molecule has 0 radical (unpaired) electrons. The van der Waals surface area contributed by atoms with Gasteiger partial charge in [0.15, 0.2) is 16.7 Å². The summed E-state index contributed by atoms with van der Waals surface area (Å²) in [6.45, 7) is 3.58. The van der Waals surface area contributed by atoms with E-state index in [1.807, 2.05) is 63.7 Å². The lowest BCUT2D eigenvalue weighted by Crippen LogP contribution is -2.38. The van der Waals surface area contributed by atoms with Crippen molar-refractivity contribution < 1.29 is 23.8 Å². The Morgan fingerprint density at radius 1 is 1.03 bits per heavy atom. The van der Waals surface area contributed by atoms with Crippen LogP contribution in [0.4, 0.5) is 0 Å². The second kappa shape index (κ2) is 11.3. The Morgan fingerprint density at radius 2 is 1.76 bits per heavy atom. The number of fused-ring (bicyclic) bond motifs is 1. The third-order valence-corrected chi connectivity index (χ3v) is 7.76. The number of esters is 1. The predicted molar refractivity (Wildman–Crippen MR) is 148 cm³/mol. The maximum atomic E-state index is 13.6. The lowest BCUT2D eigenvalue weighted by molar-refractivity contribution is -0.139. The van der Waals surface area contributed by atoms with Crippen molar-refractivity contribution in [3.63, 3.8) is 0 Å². The van der Waals surface area contributed by atoms with Gasteiger partial charge >= 0.3 is 5.97 Å². The van der Waals surface area contributed by atoms with Gasteiger partial charge in [-0.2, -0.15) is 0 Å². The third kappa shape index (κ3) is 4.90. The molecule has 2 aromatic rings. The van der Waals surface area contributed by atoms with Crippen molar-refractivity contribution in [2.45, 2.75) is 32.2 Å². The molecule has 1 fully saturated rings. The van der Waals surface area contributed by atoms with E-state index in [0.29, 0.717) is 27.9 Å². The van der Waals surface area contributed by atoms with Crippen LogP contribution in [-0.2, 0) is 14.3 Å². The number of nitrogens with zero attached hydrogens (tertiary/aromatic N) is 3. The maximum Gasteiger partial charge on any atom is 0.338 e. The summed E-state index contributed by atoms with van der Waals surface area (Å²) in [5, 5.41) is 2.68. The van der Waals surface area contributed by atoms with Crippen molar-refractivity contribution in [3.8, 4) is 11.5 Å². The number of benzene rings is 2. The van der Waals surface area contributed by atoms with Gasteiger partial charge in [-0.05, 0) is 42.9 Å². The minimum atomic E-state index is -0.579. The third-order valence-electron chi connectivity index (χ3n) is 6.87. The Bertz CT molecular complexity index is 1310. The molecular weight excluding hydrogens is 502 g/mol. The van der Waals surface area contributed by atoms with Gasteiger partial charge in [-0.15, -0.1) is 0 Å². The highest BCUT2D eigenvalue weighted by atomic mass is 32.2. The zero-order chi connectivity index (χ0) is 26.6. The Kier molecular flexibility index (Phi) is 7.74. The molecule has 3 aliphatic heterocycles. The van der Waals surface area contributed by atoms with E-state index in [1.54, 1.807) is 21.1 Å². The highest BCUT2D eigenvalue weighted by Crippen LogP contribution is 2.48. The summed E-state index contributed by atoms with van der Waals surface area (Å²) in [4.78, 5) is 35.7. The van der Waals surface area contributed by atoms with Crippen LogP contribution in [0.5, 0.6) is 11.5 Å². The molecule has 3 heterocycles. The van der Waals surface area contributed by atoms with E-state index in [1.165, 1.54) is 11.8 Å². The molecule has 9 heteroatoms. The summed E-state index contributed by atoms with van der Waals surface area (Å²) < 4.78 is 16.7. The first kappa shape index (κ1) is 25.9. The van der Waals surface area contributed by atoms with Crippen molar-refractivity contribution in [2.24, 2.45) is 4.99 Å². The normalized spacial score (nSPS) is 18.7. The Hall–Kier alpha value is -3.72. The molecule has 38 heavy (non-hydrogen) atoms. The molecule has 0 spiro atoms. The number of carbonyl (C=O) groups is 2. The molecule has 5 rings (SSSR count). The number of amides is 1.